The van der Waals surface area contributed by atoms with Gasteiger partial charge in [-0.3, -0.25) is 19.3 Å². The van der Waals surface area contributed by atoms with Gasteiger partial charge in [0.1, 0.15) is 12.6 Å². The van der Waals surface area contributed by atoms with E-state index in [1.165, 1.54) is 0 Å². The zero-order valence-electron chi connectivity index (χ0n) is 17.1. The van der Waals surface area contributed by atoms with E-state index >= 15 is 0 Å². The molecule has 1 rings (SSSR count). The van der Waals surface area contributed by atoms with Crippen LogP contribution in [0.2, 0.25) is 0 Å². The van der Waals surface area contributed by atoms with Gasteiger partial charge < -0.3 is 16.2 Å². The molecule has 0 spiro atoms. The van der Waals surface area contributed by atoms with Crippen LogP contribution >= 0.6 is 0 Å². The third-order valence-corrected chi connectivity index (χ3v) is 4.91. The highest BCUT2D eigenvalue weighted by Gasteiger charge is 2.32. The molecule has 3 amide bonds. The van der Waals surface area contributed by atoms with Crippen molar-refractivity contribution in [3.63, 3.8) is 0 Å². The van der Waals surface area contributed by atoms with Crippen LogP contribution in [0.25, 0.3) is 0 Å². The zero-order valence-corrected chi connectivity index (χ0v) is 17.1. The first-order valence-electron chi connectivity index (χ1n) is 9.94. The molecule has 0 aliphatic heterocycles. The number of nitrogens with one attached hydrogen (secondary N) is 1. The van der Waals surface area contributed by atoms with Gasteiger partial charge in [0.2, 0.25) is 0 Å². The van der Waals surface area contributed by atoms with E-state index in [0.29, 0.717) is 24.9 Å². The second-order valence-electron chi connectivity index (χ2n) is 6.99. The molecule has 7 heteroatoms. The van der Waals surface area contributed by atoms with E-state index < -0.39 is 24.5 Å². The summed E-state index contributed by atoms with van der Waals surface area (Å²) in [6.07, 6.45) is 3.13. The highest BCUT2D eigenvalue weighted by molar-refractivity contribution is 6.02. The Labute approximate surface area is 167 Å². The van der Waals surface area contributed by atoms with Gasteiger partial charge in [0.15, 0.2) is 0 Å². The van der Waals surface area contributed by atoms with E-state index in [9.17, 15) is 19.5 Å². The Hall–Kier alpha value is -2.25. The Bertz CT molecular complexity index is 646. The van der Waals surface area contributed by atoms with Crippen LogP contribution in [0, 0.1) is 5.92 Å². The molecular formula is C21H33N3O4. The lowest BCUT2D eigenvalue weighted by Gasteiger charge is -2.29. The Morgan fingerprint density at radius 2 is 1.79 bits per heavy atom. The van der Waals surface area contributed by atoms with Crippen molar-refractivity contribution >= 4 is 17.7 Å². The van der Waals surface area contributed by atoms with Gasteiger partial charge in [-0.15, -0.1) is 0 Å². The second-order valence-corrected chi connectivity index (χ2v) is 6.99. The molecule has 0 bridgehead atoms. The minimum absolute atomic E-state index is 0.167. The van der Waals surface area contributed by atoms with Crippen LogP contribution in [0.5, 0.6) is 0 Å². The smallest absolute Gasteiger partial charge is 0.254 e. The SMILES string of the molecule is CCCCCN(C(=O)CO)C(=O)[C@@H](NC(=O)c1ccc(CN)cc1)C(C)CC. The molecule has 1 aromatic rings. The van der Waals surface area contributed by atoms with Gasteiger partial charge in [0.05, 0.1) is 0 Å². The monoisotopic (exact) mass is 391 g/mol. The Morgan fingerprint density at radius 1 is 1.14 bits per heavy atom. The van der Waals surface area contributed by atoms with Crippen LogP contribution in [-0.2, 0) is 16.1 Å². The Balaban J connectivity index is 3.01. The molecule has 1 unspecified atom stereocenters. The first-order chi connectivity index (χ1) is 13.4. The average Bonchev–Trinajstić information content (AvgIpc) is 2.73. The van der Waals surface area contributed by atoms with Gasteiger partial charge in [-0.1, -0.05) is 52.2 Å². The standard InChI is InChI=1S/C21H33N3O4/c1-4-6-7-12-24(18(26)14-25)21(28)19(15(3)5-2)23-20(27)17-10-8-16(13-22)9-11-17/h8-11,15,19,25H,4-7,12-14,22H2,1-3H3,(H,23,27)/t15?,19-/m0/s1. The predicted molar refractivity (Wildman–Crippen MR) is 108 cm³/mol. The molecule has 7 nitrogen and oxygen atoms in total. The first-order valence-corrected chi connectivity index (χ1v) is 9.94. The van der Waals surface area contributed by atoms with Gasteiger partial charge in [0, 0.05) is 18.7 Å². The van der Waals surface area contributed by atoms with Crippen LogP contribution in [0.4, 0.5) is 0 Å². The fourth-order valence-electron chi connectivity index (χ4n) is 2.83. The highest BCUT2D eigenvalue weighted by Crippen LogP contribution is 2.14. The summed E-state index contributed by atoms with van der Waals surface area (Å²) in [4.78, 5) is 38.9. The van der Waals surface area contributed by atoms with Crippen molar-refractivity contribution in [1.82, 2.24) is 10.2 Å². The number of carbonyl (C=O) groups is 3. The molecule has 0 aliphatic carbocycles. The van der Waals surface area contributed by atoms with Crippen LogP contribution < -0.4 is 11.1 Å². The molecule has 2 atom stereocenters. The van der Waals surface area contributed by atoms with E-state index in [1.807, 2.05) is 20.8 Å². The first kappa shape index (κ1) is 23.8. The molecule has 0 radical (unpaired) electrons. The molecule has 0 aromatic heterocycles. The number of imide groups is 1. The second kappa shape index (κ2) is 12.3. The van der Waals surface area contributed by atoms with Crippen molar-refractivity contribution in [1.29, 1.82) is 0 Å². The van der Waals surface area contributed by atoms with Crippen molar-refractivity contribution in [3.05, 3.63) is 35.4 Å². The van der Waals surface area contributed by atoms with Gasteiger partial charge in [-0.05, 0) is 30.0 Å². The van der Waals surface area contributed by atoms with Crippen molar-refractivity contribution in [2.24, 2.45) is 11.7 Å². The lowest BCUT2D eigenvalue weighted by Crippen LogP contribution is -2.54. The summed E-state index contributed by atoms with van der Waals surface area (Å²) in [5.41, 5.74) is 6.90. The number of hydrogen-bond donors (Lipinski definition) is 3. The zero-order chi connectivity index (χ0) is 21.1. The van der Waals surface area contributed by atoms with Crippen molar-refractivity contribution in [2.75, 3.05) is 13.2 Å². The molecule has 0 saturated heterocycles. The number of hydrogen-bond acceptors (Lipinski definition) is 5. The minimum Gasteiger partial charge on any atom is -0.387 e. The number of rotatable bonds is 11. The van der Waals surface area contributed by atoms with Crippen LogP contribution in [0.3, 0.4) is 0 Å². The Kier molecular flexibility index (Phi) is 10.4. The average molecular weight is 392 g/mol. The maximum absolute atomic E-state index is 13.1. The molecular weight excluding hydrogens is 358 g/mol. The minimum atomic E-state index is -0.844. The lowest BCUT2D eigenvalue weighted by molar-refractivity contribution is -0.148. The van der Waals surface area contributed by atoms with Crippen molar-refractivity contribution in [2.45, 2.75) is 59.0 Å². The number of carbonyl (C=O) groups excluding carboxylic acids is 3. The fraction of sp³-hybridized carbons (Fsp3) is 0.571. The highest BCUT2D eigenvalue weighted by atomic mass is 16.3. The van der Waals surface area contributed by atoms with Gasteiger partial charge >= 0.3 is 0 Å². The van der Waals surface area contributed by atoms with Crippen LogP contribution in [-0.4, -0.2) is 46.9 Å². The summed E-state index contributed by atoms with van der Waals surface area (Å²) in [5.74, 6) is -1.67. The van der Waals surface area contributed by atoms with Gasteiger partial charge in [0.25, 0.3) is 17.7 Å². The topological polar surface area (TPSA) is 113 Å². The summed E-state index contributed by atoms with van der Waals surface area (Å²) in [6, 6.07) is 6.01. The number of amides is 3. The maximum atomic E-state index is 13.1. The van der Waals surface area contributed by atoms with Crippen molar-refractivity contribution < 1.29 is 19.5 Å². The van der Waals surface area contributed by atoms with Crippen LogP contribution in [0.1, 0.15) is 62.4 Å². The van der Waals surface area contributed by atoms with E-state index in [0.717, 1.165) is 23.3 Å². The number of nitrogens with zero attached hydrogens (tertiary/aromatic N) is 1. The molecule has 0 fully saturated rings. The molecule has 156 valence electrons. The van der Waals surface area contributed by atoms with Gasteiger partial charge in [-0.25, -0.2) is 0 Å². The summed E-state index contributed by atoms with van der Waals surface area (Å²) in [7, 11) is 0. The van der Waals surface area contributed by atoms with Crippen molar-refractivity contribution in [3.8, 4) is 0 Å². The van der Waals surface area contributed by atoms with E-state index in [-0.39, 0.29) is 18.4 Å². The molecule has 0 aliphatic rings. The number of unbranched alkanes of at least 4 members (excludes halogenated alkanes) is 2. The lowest BCUT2D eigenvalue weighted by atomic mass is 9.97. The third kappa shape index (κ3) is 6.73. The number of aliphatic hydroxyl groups excluding tert-OH is 1. The summed E-state index contributed by atoms with van der Waals surface area (Å²) in [6.45, 7) is 5.68. The largest absolute Gasteiger partial charge is 0.387 e. The molecule has 4 N–H and O–H groups in total. The van der Waals surface area contributed by atoms with E-state index in [1.54, 1.807) is 24.3 Å². The number of benzene rings is 1. The molecule has 0 heterocycles. The number of aliphatic hydroxyl groups is 1. The summed E-state index contributed by atoms with van der Waals surface area (Å²) < 4.78 is 0. The predicted octanol–water partition coefficient (Wildman–Crippen LogP) is 1.83. The van der Waals surface area contributed by atoms with E-state index in [2.05, 4.69) is 5.32 Å². The molecule has 28 heavy (non-hydrogen) atoms. The summed E-state index contributed by atoms with van der Waals surface area (Å²) in [5, 5.41) is 12.0. The third-order valence-electron chi connectivity index (χ3n) is 4.91. The van der Waals surface area contributed by atoms with E-state index in [4.69, 9.17) is 5.73 Å². The normalized spacial score (nSPS) is 12.9. The summed E-state index contributed by atoms with van der Waals surface area (Å²) >= 11 is 0. The molecule has 0 saturated carbocycles. The molecule has 1 aromatic carbocycles. The quantitative estimate of drug-likeness (QED) is 0.498. The fourth-order valence-corrected chi connectivity index (χ4v) is 2.83. The Morgan fingerprint density at radius 3 is 2.29 bits per heavy atom. The maximum Gasteiger partial charge on any atom is 0.254 e. The number of nitrogens with two attached hydrogens (primary N) is 1. The van der Waals surface area contributed by atoms with Gasteiger partial charge in [-0.2, -0.15) is 0 Å². The van der Waals surface area contributed by atoms with Crippen LogP contribution in [0.15, 0.2) is 24.3 Å².